The molecule has 1 aromatic heterocycles. The number of ether oxygens (including phenoxy) is 1. The van der Waals surface area contributed by atoms with E-state index in [-0.39, 0.29) is 5.03 Å². The fourth-order valence-electron chi connectivity index (χ4n) is 2.02. The molecule has 0 aliphatic rings. The van der Waals surface area contributed by atoms with E-state index in [4.69, 9.17) is 4.74 Å². The Kier molecular flexibility index (Phi) is 5.03. The average Bonchev–Trinajstić information content (AvgIpc) is 2.46. The highest BCUT2D eigenvalue weighted by atomic mass is 32.2. The van der Waals surface area contributed by atoms with Gasteiger partial charge in [0.1, 0.15) is 5.75 Å². The number of pyridine rings is 1. The Labute approximate surface area is 131 Å². The zero-order valence-corrected chi connectivity index (χ0v) is 13.8. The number of aromatic nitrogens is 1. The van der Waals surface area contributed by atoms with Gasteiger partial charge in [-0.05, 0) is 49.2 Å². The van der Waals surface area contributed by atoms with Crippen molar-refractivity contribution in [2.75, 3.05) is 18.2 Å². The average molecular weight is 320 g/mol. The van der Waals surface area contributed by atoms with Crippen LogP contribution >= 0.6 is 0 Å². The van der Waals surface area contributed by atoms with Crippen LogP contribution in [-0.2, 0) is 16.4 Å². The van der Waals surface area contributed by atoms with Gasteiger partial charge < -0.3 is 10.1 Å². The SMILES string of the molecule is CCOc1ccc(CNc2ccc(S(C)(=O)=O)nc2)c(C)c1. The third-order valence-electron chi connectivity index (χ3n) is 3.22. The lowest BCUT2D eigenvalue weighted by Crippen LogP contribution is -2.04. The highest BCUT2D eigenvalue weighted by Crippen LogP contribution is 2.19. The predicted octanol–water partition coefficient (Wildman–Crippen LogP) is 2.80. The number of nitrogens with zero attached hydrogens (tertiary/aromatic N) is 1. The van der Waals surface area contributed by atoms with Crippen molar-refractivity contribution in [2.24, 2.45) is 0 Å². The zero-order valence-electron chi connectivity index (χ0n) is 13.0. The molecular weight excluding hydrogens is 300 g/mol. The van der Waals surface area contributed by atoms with Gasteiger partial charge in [0, 0.05) is 12.8 Å². The lowest BCUT2D eigenvalue weighted by Gasteiger charge is -2.11. The number of sulfone groups is 1. The highest BCUT2D eigenvalue weighted by molar-refractivity contribution is 7.90. The van der Waals surface area contributed by atoms with Gasteiger partial charge in [0.05, 0.1) is 18.5 Å². The minimum absolute atomic E-state index is 0.0790. The molecule has 118 valence electrons. The topological polar surface area (TPSA) is 68.3 Å². The van der Waals surface area contributed by atoms with Gasteiger partial charge in [0.25, 0.3) is 0 Å². The molecule has 0 spiro atoms. The lowest BCUT2D eigenvalue weighted by molar-refractivity contribution is 0.340. The Morgan fingerprint density at radius 1 is 1.23 bits per heavy atom. The van der Waals surface area contributed by atoms with Gasteiger partial charge in [-0.1, -0.05) is 6.07 Å². The van der Waals surface area contributed by atoms with Gasteiger partial charge in [-0.3, -0.25) is 0 Å². The first-order chi connectivity index (χ1) is 10.4. The normalized spacial score (nSPS) is 11.2. The summed E-state index contributed by atoms with van der Waals surface area (Å²) in [4.78, 5) is 3.95. The molecule has 2 aromatic rings. The van der Waals surface area contributed by atoms with Crippen molar-refractivity contribution in [3.63, 3.8) is 0 Å². The molecule has 1 N–H and O–H groups in total. The highest BCUT2D eigenvalue weighted by Gasteiger charge is 2.08. The van der Waals surface area contributed by atoms with Gasteiger partial charge >= 0.3 is 0 Å². The molecule has 1 heterocycles. The van der Waals surface area contributed by atoms with Crippen molar-refractivity contribution in [1.29, 1.82) is 0 Å². The Morgan fingerprint density at radius 2 is 2.00 bits per heavy atom. The second-order valence-electron chi connectivity index (χ2n) is 5.03. The van der Waals surface area contributed by atoms with Gasteiger partial charge in [-0.15, -0.1) is 0 Å². The Hall–Kier alpha value is -2.08. The molecule has 0 bridgehead atoms. The maximum absolute atomic E-state index is 11.4. The van der Waals surface area contributed by atoms with Crippen molar-refractivity contribution in [2.45, 2.75) is 25.4 Å². The molecule has 5 nitrogen and oxygen atoms in total. The summed E-state index contributed by atoms with van der Waals surface area (Å²) >= 11 is 0. The molecule has 0 unspecified atom stereocenters. The van der Waals surface area contributed by atoms with E-state index in [0.717, 1.165) is 28.8 Å². The number of hydrogen-bond acceptors (Lipinski definition) is 5. The number of aryl methyl sites for hydroxylation is 1. The van der Waals surface area contributed by atoms with Crippen LogP contribution < -0.4 is 10.1 Å². The molecule has 0 aliphatic carbocycles. The summed E-state index contributed by atoms with van der Waals surface area (Å²) in [5.41, 5.74) is 3.07. The fraction of sp³-hybridized carbons (Fsp3) is 0.312. The molecule has 0 radical (unpaired) electrons. The molecular formula is C16H20N2O3S. The maximum atomic E-state index is 11.4. The number of rotatable bonds is 6. The van der Waals surface area contributed by atoms with Gasteiger partial charge in [0.2, 0.25) is 0 Å². The first kappa shape index (κ1) is 16.3. The Balaban J connectivity index is 2.04. The van der Waals surface area contributed by atoms with Gasteiger partial charge in [-0.2, -0.15) is 0 Å². The first-order valence-electron chi connectivity index (χ1n) is 7.02. The first-order valence-corrected chi connectivity index (χ1v) is 8.91. The molecule has 0 amide bonds. The molecule has 22 heavy (non-hydrogen) atoms. The number of anilines is 1. The monoisotopic (exact) mass is 320 g/mol. The van der Waals surface area contributed by atoms with E-state index in [1.54, 1.807) is 6.07 Å². The van der Waals surface area contributed by atoms with Crippen molar-refractivity contribution in [3.8, 4) is 5.75 Å². The van der Waals surface area contributed by atoms with Crippen LogP contribution in [0.15, 0.2) is 41.6 Å². The van der Waals surface area contributed by atoms with E-state index in [1.165, 1.54) is 12.3 Å². The standard InChI is InChI=1S/C16H20N2O3S/c1-4-21-15-7-5-13(12(2)9-15)10-17-14-6-8-16(18-11-14)22(3,19)20/h5-9,11,17H,4,10H2,1-3H3. The summed E-state index contributed by atoms with van der Waals surface area (Å²) in [6.45, 7) is 5.27. The van der Waals surface area contributed by atoms with Gasteiger partial charge in [-0.25, -0.2) is 13.4 Å². The minimum atomic E-state index is -3.26. The summed E-state index contributed by atoms with van der Waals surface area (Å²) in [6, 6.07) is 9.19. The van der Waals surface area contributed by atoms with Crippen LogP contribution in [0.5, 0.6) is 5.75 Å². The predicted molar refractivity (Wildman–Crippen MR) is 87.0 cm³/mol. The second-order valence-corrected chi connectivity index (χ2v) is 6.99. The number of nitrogens with one attached hydrogen (secondary N) is 1. The summed E-state index contributed by atoms with van der Waals surface area (Å²) in [6.07, 6.45) is 2.67. The molecule has 0 saturated heterocycles. The van der Waals surface area contributed by atoms with Crippen molar-refractivity contribution >= 4 is 15.5 Å². The van der Waals surface area contributed by atoms with E-state index in [9.17, 15) is 8.42 Å². The molecule has 0 atom stereocenters. The molecule has 2 rings (SSSR count). The van der Waals surface area contributed by atoms with Crippen LogP contribution in [0.2, 0.25) is 0 Å². The minimum Gasteiger partial charge on any atom is -0.494 e. The van der Waals surface area contributed by atoms with Crippen LogP contribution in [0.4, 0.5) is 5.69 Å². The maximum Gasteiger partial charge on any atom is 0.192 e. The number of hydrogen-bond donors (Lipinski definition) is 1. The van der Waals surface area contributed by atoms with Crippen molar-refractivity contribution < 1.29 is 13.2 Å². The molecule has 0 saturated carbocycles. The van der Waals surface area contributed by atoms with Crippen molar-refractivity contribution in [1.82, 2.24) is 4.98 Å². The lowest BCUT2D eigenvalue weighted by atomic mass is 10.1. The molecule has 1 aromatic carbocycles. The van der Waals surface area contributed by atoms with Crippen LogP contribution in [-0.4, -0.2) is 26.3 Å². The van der Waals surface area contributed by atoms with Crippen LogP contribution in [0.25, 0.3) is 0 Å². The Morgan fingerprint density at radius 3 is 2.55 bits per heavy atom. The van der Waals surface area contributed by atoms with E-state index in [0.29, 0.717) is 13.2 Å². The quantitative estimate of drug-likeness (QED) is 0.886. The molecule has 0 aliphatic heterocycles. The third-order valence-corrected chi connectivity index (χ3v) is 4.23. The largest absolute Gasteiger partial charge is 0.494 e. The van der Waals surface area contributed by atoms with Gasteiger partial charge in [0.15, 0.2) is 14.9 Å². The summed E-state index contributed by atoms with van der Waals surface area (Å²) < 4.78 is 28.2. The second kappa shape index (κ2) is 6.79. The zero-order chi connectivity index (χ0) is 16.2. The summed E-state index contributed by atoms with van der Waals surface area (Å²) in [5, 5.41) is 3.31. The fourth-order valence-corrected chi connectivity index (χ4v) is 2.58. The summed E-state index contributed by atoms with van der Waals surface area (Å²) in [5.74, 6) is 0.864. The van der Waals surface area contributed by atoms with E-state index < -0.39 is 9.84 Å². The smallest absolute Gasteiger partial charge is 0.192 e. The Bertz CT molecular complexity index is 740. The molecule has 6 heteroatoms. The van der Waals surface area contributed by atoms with Crippen LogP contribution in [0, 0.1) is 6.92 Å². The van der Waals surface area contributed by atoms with Crippen LogP contribution in [0.1, 0.15) is 18.1 Å². The van der Waals surface area contributed by atoms with Crippen molar-refractivity contribution in [3.05, 3.63) is 47.7 Å². The molecule has 0 fully saturated rings. The third kappa shape index (κ3) is 4.21. The van der Waals surface area contributed by atoms with Crippen LogP contribution in [0.3, 0.4) is 0 Å². The van der Waals surface area contributed by atoms with E-state index in [2.05, 4.69) is 10.3 Å². The summed E-state index contributed by atoms with van der Waals surface area (Å²) in [7, 11) is -3.26. The number of benzene rings is 1. The van der Waals surface area contributed by atoms with E-state index in [1.807, 2.05) is 32.0 Å². The van der Waals surface area contributed by atoms with E-state index >= 15 is 0 Å².